The second-order valence-corrected chi connectivity index (χ2v) is 7.03. The van der Waals surface area contributed by atoms with Gasteiger partial charge in [-0.3, -0.25) is 15.0 Å². The number of piperazine rings is 1. The third kappa shape index (κ3) is 2.94. The molecule has 2 aliphatic heterocycles. The van der Waals surface area contributed by atoms with E-state index in [-0.39, 0.29) is 30.4 Å². The van der Waals surface area contributed by atoms with E-state index in [9.17, 15) is 9.59 Å². The Morgan fingerprint density at radius 2 is 2.12 bits per heavy atom. The molecule has 2 amide bonds. The van der Waals surface area contributed by atoms with Gasteiger partial charge in [0.15, 0.2) is 6.17 Å². The minimum Gasteiger partial charge on any atom is -0.327 e. The van der Waals surface area contributed by atoms with Crippen LogP contribution >= 0.6 is 0 Å². The summed E-state index contributed by atoms with van der Waals surface area (Å²) >= 11 is 0. The Morgan fingerprint density at radius 1 is 1.32 bits per heavy atom. The number of carbonyl (C=O) groups excluding carboxylic acids is 2. The van der Waals surface area contributed by atoms with Crippen molar-refractivity contribution in [2.45, 2.75) is 50.9 Å². The number of amides is 2. The minimum atomic E-state index is -0.467. The minimum absolute atomic E-state index is 0.0694. The Kier molecular flexibility index (Phi) is 4.07. The van der Waals surface area contributed by atoms with E-state index in [1.807, 2.05) is 36.1 Å². The Hall–Kier alpha value is -2.57. The molecule has 7 nitrogen and oxygen atoms in total. The molecule has 1 saturated carbocycles. The van der Waals surface area contributed by atoms with E-state index < -0.39 is 6.17 Å². The summed E-state index contributed by atoms with van der Waals surface area (Å²) in [6.45, 7) is 2.07. The summed E-state index contributed by atoms with van der Waals surface area (Å²) in [5.74, 6) is -0.226. The summed E-state index contributed by atoms with van der Waals surface area (Å²) in [4.78, 5) is 29.2. The van der Waals surface area contributed by atoms with Crippen LogP contribution in [0.1, 0.15) is 31.2 Å². The highest BCUT2D eigenvalue weighted by Crippen LogP contribution is 2.33. The SMILES string of the molecule is Cc1cccc(NC(=O)CN2C(=O)C3NN=CN3C3CCCCC32)c1. The lowest BCUT2D eigenvalue weighted by atomic mass is 9.85. The van der Waals surface area contributed by atoms with Crippen LogP contribution in [0.25, 0.3) is 0 Å². The molecular weight excluding hydrogens is 318 g/mol. The lowest BCUT2D eigenvalue weighted by molar-refractivity contribution is -0.151. The first-order chi connectivity index (χ1) is 12.1. The van der Waals surface area contributed by atoms with Gasteiger partial charge in [0.1, 0.15) is 12.9 Å². The van der Waals surface area contributed by atoms with Crippen LogP contribution in [0.15, 0.2) is 29.4 Å². The van der Waals surface area contributed by atoms with E-state index in [1.165, 1.54) is 0 Å². The number of anilines is 1. The van der Waals surface area contributed by atoms with Gasteiger partial charge in [0, 0.05) is 5.69 Å². The Bertz CT molecular complexity index is 719. The summed E-state index contributed by atoms with van der Waals surface area (Å²) in [7, 11) is 0. The molecule has 2 heterocycles. The monoisotopic (exact) mass is 341 g/mol. The summed E-state index contributed by atoms with van der Waals surface area (Å²) < 4.78 is 0. The van der Waals surface area contributed by atoms with Gasteiger partial charge >= 0.3 is 0 Å². The lowest BCUT2D eigenvalue weighted by Gasteiger charge is -2.50. The van der Waals surface area contributed by atoms with Crippen LogP contribution in [0.3, 0.4) is 0 Å². The zero-order valence-corrected chi connectivity index (χ0v) is 14.3. The zero-order chi connectivity index (χ0) is 17.4. The van der Waals surface area contributed by atoms with Gasteiger partial charge in [0.25, 0.3) is 5.91 Å². The second kappa shape index (κ2) is 6.38. The summed E-state index contributed by atoms with van der Waals surface area (Å²) in [5.41, 5.74) is 4.72. The van der Waals surface area contributed by atoms with Gasteiger partial charge in [-0.25, -0.2) is 0 Å². The van der Waals surface area contributed by atoms with Gasteiger partial charge < -0.3 is 15.1 Å². The molecule has 1 aromatic carbocycles. The molecular formula is C18H23N5O2. The Balaban J connectivity index is 1.50. The fourth-order valence-electron chi connectivity index (χ4n) is 4.16. The average Bonchev–Trinajstić information content (AvgIpc) is 3.09. The highest BCUT2D eigenvalue weighted by atomic mass is 16.2. The standard InChI is InChI=1S/C18H23N5O2/c1-12-5-4-6-13(9-12)20-16(24)10-22-14-7-2-3-8-15(14)23-11-19-21-17(23)18(22)25/h4-6,9,11,14-15,17,21H,2-3,7-8,10H2,1H3,(H,20,24). The molecule has 1 saturated heterocycles. The summed E-state index contributed by atoms with van der Waals surface area (Å²) in [6, 6.07) is 7.99. The molecule has 4 rings (SSSR count). The van der Waals surface area contributed by atoms with Crippen molar-refractivity contribution >= 4 is 23.8 Å². The first-order valence-corrected chi connectivity index (χ1v) is 8.86. The van der Waals surface area contributed by atoms with E-state index in [4.69, 9.17) is 0 Å². The smallest absolute Gasteiger partial charge is 0.268 e. The van der Waals surface area contributed by atoms with Gasteiger partial charge in [-0.05, 0) is 37.5 Å². The first kappa shape index (κ1) is 15.9. The molecule has 132 valence electrons. The van der Waals surface area contributed by atoms with Crippen LogP contribution < -0.4 is 10.7 Å². The maximum atomic E-state index is 12.9. The molecule has 2 N–H and O–H groups in total. The maximum absolute atomic E-state index is 12.9. The lowest BCUT2D eigenvalue weighted by Crippen LogP contribution is -2.68. The van der Waals surface area contributed by atoms with Crippen molar-refractivity contribution in [1.82, 2.24) is 15.2 Å². The van der Waals surface area contributed by atoms with Gasteiger partial charge in [-0.15, -0.1) is 0 Å². The van der Waals surface area contributed by atoms with Crippen LogP contribution in [-0.4, -0.2) is 52.7 Å². The number of aryl methyl sites for hydroxylation is 1. The first-order valence-electron chi connectivity index (χ1n) is 8.86. The van der Waals surface area contributed by atoms with Crippen LogP contribution in [0.4, 0.5) is 5.69 Å². The van der Waals surface area contributed by atoms with Crippen LogP contribution in [0, 0.1) is 6.92 Å². The number of hydrazone groups is 1. The van der Waals surface area contributed by atoms with E-state index in [2.05, 4.69) is 15.8 Å². The average molecular weight is 341 g/mol. The molecule has 1 aromatic rings. The number of hydrogen-bond donors (Lipinski definition) is 2. The highest BCUT2D eigenvalue weighted by Gasteiger charge is 2.48. The zero-order valence-electron chi connectivity index (χ0n) is 14.3. The van der Waals surface area contributed by atoms with Crippen molar-refractivity contribution in [2.75, 3.05) is 11.9 Å². The number of carbonyl (C=O) groups is 2. The predicted molar refractivity (Wildman–Crippen MR) is 94.8 cm³/mol. The van der Waals surface area contributed by atoms with Crippen molar-refractivity contribution in [2.24, 2.45) is 5.10 Å². The third-order valence-electron chi connectivity index (χ3n) is 5.30. The molecule has 3 unspecified atom stereocenters. The van der Waals surface area contributed by atoms with Crippen molar-refractivity contribution in [3.8, 4) is 0 Å². The molecule has 1 aliphatic carbocycles. The number of fused-ring (bicyclic) bond motifs is 3. The number of nitrogens with zero attached hydrogens (tertiary/aromatic N) is 3. The van der Waals surface area contributed by atoms with Crippen LogP contribution in [0.2, 0.25) is 0 Å². The fourth-order valence-corrected chi connectivity index (χ4v) is 4.16. The van der Waals surface area contributed by atoms with Crippen molar-refractivity contribution < 1.29 is 9.59 Å². The molecule has 0 bridgehead atoms. The molecule has 25 heavy (non-hydrogen) atoms. The van der Waals surface area contributed by atoms with Gasteiger partial charge in [0.05, 0.1) is 12.1 Å². The highest BCUT2D eigenvalue weighted by molar-refractivity contribution is 5.96. The molecule has 3 aliphatic rings. The maximum Gasteiger partial charge on any atom is 0.268 e. The molecule has 2 fully saturated rings. The molecule has 0 radical (unpaired) electrons. The molecule has 7 heteroatoms. The Labute approximate surface area is 147 Å². The van der Waals surface area contributed by atoms with Crippen molar-refractivity contribution in [1.29, 1.82) is 0 Å². The largest absolute Gasteiger partial charge is 0.327 e. The van der Waals surface area contributed by atoms with E-state index in [0.717, 1.165) is 36.9 Å². The normalized spacial score (nSPS) is 27.6. The number of benzene rings is 1. The third-order valence-corrected chi connectivity index (χ3v) is 5.30. The number of nitrogens with one attached hydrogen (secondary N) is 2. The van der Waals surface area contributed by atoms with Gasteiger partial charge in [-0.1, -0.05) is 25.0 Å². The topological polar surface area (TPSA) is 77.0 Å². The number of rotatable bonds is 3. The second-order valence-electron chi connectivity index (χ2n) is 7.03. The molecule has 0 aromatic heterocycles. The molecule has 3 atom stereocenters. The van der Waals surface area contributed by atoms with E-state index in [1.54, 1.807) is 11.2 Å². The fraction of sp³-hybridized carbons (Fsp3) is 0.500. The quantitative estimate of drug-likeness (QED) is 0.868. The Morgan fingerprint density at radius 3 is 2.92 bits per heavy atom. The van der Waals surface area contributed by atoms with E-state index >= 15 is 0 Å². The van der Waals surface area contributed by atoms with Crippen LogP contribution in [0.5, 0.6) is 0 Å². The van der Waals surface area contributed by atoms with Gasteiger partial charge in [-0.2, -0.15) is 5.10 Å². The van der Waals surface area contributed by atoms with Crippen molar-refractivity contribution in [3.63, 3.8) is 0 Å². The molecule has 0 spiro atoms. The van der Waals surface area contributed by atoms with Crippen molar-refractivity contribution in [3.05, 3.63) is 29.8 Å². The predicted octanol–water partition coefficient (Wildman–Crippen LogP) is 1.26. The van der Waals surface area contributed by atoms with Gasteiger partial charge in [0.2, 0.25) is 5.91 Å². The van der Waals surface area contributed by atoms with E-state index in [0.29, 0.717) is 0 Å². The summed E-state index contributed by atoms with van der Waals surface area (Å²) in [5, 5.41) is 6.97. The number of hydrogen-bond acceptors (Lipinski definition) is 5. The summed E-state index contributed by atoms with van der Waals surface area (Å²) in [6.07, 6.45) is 5.47. The van der Waals surface area contributed by atoms with Crippen LogP contribution in [-0.2, 0) is 9.59 Å².